The van der Waals surface area contributed by atoms with Gasteiger partial charge in [-0.1, -0.05) is 30.3 Å². The first-order valence-electron chi connectivity index (χ1n) is 13.6. The maximum Gasteiger partial charge on any atom is 0.122 e. The summed E-state index contributed by atoms with van der Waals surface area (Å²) < 4.78 is 12.3. The average molecular weight is 504 g/mol. The SMILES string of the molecule is Cc1c(OCCCNCC(O)c2cccnc2)cccc1-c1cccc(OCCCN2CCCC2)c1C. The van der Waals surface area contributed by atoms with Gasteiger partial charge in [-0.2, -0.15) is 0 Å². The van der Waals surface area contributed by atoms with Crippen LogP contribution in [0.2, 0.25) is 0 Å². The van der Waals surface area contributed by atoms with Gasteiger partial charge in [0.05, 0.1) is 19.3 Å². The molecule has 37 heavy (non-hydrogen) atoms. The van der Waals surface area contributed by atoms with Crippen LogP contribution in [0.5, 0.6) is 11.5 Å². The van der Waals surface area contributed by atoms with Gasteiger partial charge < -0.3 is 24.8 Å². The molecular weight excluding hydrogens is 462 g/mol. The van der Waals surface area contributed by atoms with Gasteiger partial charge in [0.1, 0.15) is 11.5 Å². The monoisotopic (exact) mass is 503 g/mol. The summed E-state index contributed by atoms with van der Waals surface area (Å²) in [5.74, 6) is 1.87. The highest BCUT2D eigenvalue weighted by Gasteiger charge is 2.14. The van der Waals surface area contributed by atoms with E-state index in [9.17, 15) is 5.11 Å². The molecule has 1 unspecified atom stereocenters. The van der Waals surface area contributed by atoms with E-state index in [-0.39, 0.29) is 0 Å². The third-order valence-corrected chi connectivity index (χ3v) is 7.10. The van der Waals surface area contributed by atoms with Crippen molar-refractivity contribution >= 4 is 0 Å². The standard InChI is InChI=1S/C31H41N3O3/c1-24-27(28-12-6-14-31(25(28)2)37-21-9-19-34-17-3-4-18-34)11-5-13-30(24)36-20-8-16-33-23-29(35)26-10-7-15-32-22-26/h5-7,10-15,22,29,33,35H,3-4,8-9,16-21,23H2,1-2H3. The Labute approximate surface area is 221 Å². The Kier molecular flexibility index (Phi) is 10.4. The van der Waals surface area contributed by atoms with E-state index in [1.807, 2.05) is 18.2 Å². The number of hydrogen-bond acceptors (Lipinski definition) is 6. The molecule has 6 nitrogen and oxygen atoms in total. The van der Waals surface area contributed by atoms with Crippen LogP contribution >= 0.6 is 0 Å². The summed E-state index contributed by atoms with van der Waals surface area (Å²) in [5.41, 5.74) is 5.49. The van der Waals surface area contributed by atoms with Gasteiger partial charge in [-0.15, -0.1) is 0 Å². The minimum atomic E-state index is -0.554. The molecule has 0 spiro atoms. The molecule has 2 aromatic carbocycles. The van der Waals surface area contributed by atoms with Crippen molar-refractivity contribution in [1.82, 2.24) is 15.2 Å². The van der Waals surface area contributed by atoms with Crippen molar-refractivity contribution in [3.63, 3.8) is 0 Å². The molecule has 198 valence electrons. The Balaban J connectivity index is 1.26. The van der Waals surface area contributed by atoms with Crippen molar-refractivity contribution < 1.29 is 14.6 Å². The number of hydrogen-bond donors (Lipinski definition) is 2. The number of nitrogens with zero attached hydrogens (tertiary/aromatic N) is 2. The second kappa shape index (κ2) is 14.1. The van der Waals surface area contributed by atoms with Crippen LogP contribution in [-0.4, -0.2) is 60.9 Å². The van der Waals surface area contributed by atoms with Crippen LogP contribution in [0.4, 0.5) is 0 Å². The zero-order chi connectivity index (χ0) is 25.9. The van der Waals surface area contributed by atoms with Crippen molar-refractivity contribution in [2.75, 3.05) is 45.9 Å². The summed E-state index contributed by atoms with van der Waals surface area (Å²) in [4.78, 5) is 6.59. The van der Waals surface area contributed by atoms with Crippen molar-refractivity contribution in [3.05, 3.63) is 77.6 Å². The van der Waals surface area contributed by atoms with E-state index in [1.54, 1.807) is 12.4 Å². The van der Waals surface area contributed by atoms with E-state index < -0.39 is 6.10 Å². The minimum absolute atomic E-state index is 0.496. The van der Waals surface area contributed by atoms with Crippen molar-refractivity contribution in [2.24, 2.45) is 0 Å². The number of ether oxygens (including phenoxy) is 2. The quantitative estimate of drug-likeness (QED) is 0.290. The third kappa shape index (κ3) is 7.78. The number of aromatic nitrogens is 1. The van der Waals surface area contributed by atoms with Crippen LogP contribution in [-0.2, 0) is 0 Å². The Morgan fingerprint density at radius 1 is 0.892 bits per heavy atom. The maximum absolute atomic E-state index is 10.2. The third-order valence-electron chi connectivity index (χ3n) is 7.10. The Hall–Kier alpha value is -2.93. The fourth-order valence-electron chi connectivity index (χ4n) is 4.91. The number of pyridine rings is 1. The highest BCUT2D eigenvalue weighted by Crippen LogP contribution is 2.35. The number of aliphatic hydroxyl groups is 1. The molecule has 1 fully saturated rings. The highest BCUT2D eigenvalue weighted by atomic mass is 16.5. The van der Waals surface area contributed by atoms with Crippen molar-refractivity contribution in [1.29, 1.82) is 0 Å². The van der Waals surface area contributed by atoms with Crippen LogP contribution in [0.15, 0.2) is 60.9 Å². The smallest absolute Gasteiger partial charge is 0.122 e. The molecule has 0 amide bonds. The molecule has 1 aromatic heterocycles. The molecule has 1 aliphatic rings. The Bertz CT molecular complexity index is 1100. The summed E-state index contributed by atoms with van der Waals surface area (Å²) in [6, 6.07) is 16.3. The first kappa shape index (κ1) is 27.1. The first-order chi connectivity index (χ1) is 18.1. The van der Waals surface area contributed by atoms with Gasteiger partial charge in [0.2, 0.25) is 0 Å². The van der Waals surface area contributed by atoms with E-state index >= 15 is 0 Å². The number of nitrogens with one attached hydrogen (secondary N) is 1. The number of benzene rings is 2. The molecule has 0 bridgehead atoms. The van der Waals surface area contributed by atoms with Crippen molar-refractivity contribution in [3.8, 4) is 22.6 Å². The number of likely N-dealkylation sites (tertiary alicyclic amines) is 1. The van der Waals surface area contributed by atoms with Crippen LogP contribution < -0.4 is 14.8 Å². The largest absolute Gasteiger partial charge is 0.493 e. The fourth-order valence-corrected chi connectivity index (χ4v) is 4.91. The summed E-state index contributed by atoms with van der Waals surface area (Å²) in [6.45, 7) is 10.5. The number of aliphatic hydroxyl groups excluding tert-OH is 1. The van der Waals surface area contributed by atoms with Crippen LogP contribution in [0.1, 0.15) is 48.5 Å². The van der Waals surface area contributed by atoms with E-state index in [4.69, 9.17) is 9.47 Å². The zero-order valence-electron chi connectivity index (χ0n) is 22.3. The molecule has 0 saturated carbocycles. The summed E-state index contributed by atoms with van der Waals surface area (Å²) in [5, 5.41) is 13.5. The topological polar surface area (TPSA) is 66.8 Å². The van der Waals surface area contributed by atoms with Gasteiger partial charge in [-0.05, 0) is 99.6 Å². The van der Waals surface area contributed by atoms with Crippen LogP contribution in [0.3, 0.4) is 0 Å². The van der Waals surface area contributed by atoms with E-state index in [1.165, 1.54) is 42.6 Å². The first-order valence-corrected chi connectivity index (χ1v) is 13.6. The maximum atomic E-state index is 10.2. The van der Waals surface area contributed by atoms with Gasteiger partial charge in [0.15, 0.2) is 0 Å². The Morgan fingerprint density at radius 2 is 1.54 bits per heavy atom. The van der Waals surface area contributed by atoms with Crippen molar-refractivity contribution in [2.45, 2.75) is 45.6 Å². The summed E-state index contributed by atoms with van der Waals surface area (Å²) in [6.07, 6.45) is 7.43. The average Bonchev–Trinajstić information content (AvgIpc) is 3.44. The summed E-state index contributed by atoms with van der Waals surface area (Å²) >= 11 is 0. The van der Waals surface area contributed by atoms with Crippen LogP contribution in [0, 0.1) is 13.8 Å². The van der Waals surface area contributed by atoms with Crippen LogP contribution in [0.25, 0.3) is 11.1 Å². The predicted molar refractivity (Wildman–Crippen MR) is 149 cm³/mol. The molecule has 0 aliphatic carbocycles. The molecule has 6 heteroatoms. The second-order valence-corrected chi connectivity index (χ2v) is 9.82. The molecule has 3 aromatic rings. The molecular formula is C31H41N3O3. The van der Waals surface area contributed by atoms with Gasteiger partial charge in [0, 0.05) is 31.0 Å². The minimum Gasteiger partial charge on any atom is -0.493 e. The normalized spacial score (nSPS) is 14.6. The molecule has 2 heterocycles. The molecule has 4 rings (SSSR count). The lowest BCUT2D eigenvalue weighted by Crippen LogP contribution is -2.23. The molecule has 0 radical (unpaired) electrons. The lowest BCUT2D eigenvalue weighted by Gasteiger charge is -2.18. The molecule has 1 saturated heterocycles. The van der Waals surface area contributed by atoms with Gasteiger partial charge in [0.25, 0.3) is 0 Å². The predicted octanol–water partition coefficient (Wildman–Crippen LogP) is 5.32. The fraction of sp³-hybridized carbons (Fsp3) is 0.452. The highest BCUT2D eigenvalue weighted by molar-refractivity contribution is 5.74. The zero-order valence-corrected chi connectivity index (χ0v) is 22.3. The second-order valence-electron chi connectivity index (χ2n) is 9.82. The summed E-state index contributed by atoms with van der Waals surface area (Å²) in [7, 11) is 0. The lowest BCUT2D eigenvalue weighted by atomic mass is 9.95. The van der Waals surface area contributed by atoms with E-state index in [0.29, 0.717) is 13.2 Å². The lowest BCUT2D eigenvalue weighted by molar-refractivity contribution is 0.173. The van der Waals surface area contributed by atoms with E-state index in [2.05, 4.69) is 59.4 Å². The number of rotatable bonds is 14. The Morgan fingerprint density at radius 3 is 2.16 bits per heavy atom. The van der Waals surface area contributed by atoms with E-state index in [0.717, 1.165) is 55.2 Å². The molecule has 1 aliphatic heterocycles. The molecule has 1 atom stereocenters. The van der Waals surface area contributed by atoms with Gasteiger partial charge >= 0.3 is 0 Å². The van der Waals surface area contributed by atoms with Gasteiger partial charge in [-0.3, -0.25) is 4.98 Å². The van der Waals surface area contributed by atoms with Gasteiger partial charge in [-0.25, -0.2) is 0 Å². The molecule has 2 N–H and O–H groups in total.